The third kappa shape index (κ3) is 4.61. The number of nitrogens with zero attached hydrogens (tertiary/aromatic N) is 4. The van der Waals surface area contributed by atoms with Crippen molar-refractivity contribution in [2.24, 2.45) is 4.99 Å². The zero-order valence-electron chi connectivity index (χ0n) is 15.1. The first-order valence-electron chi connectivity index (χ1n) is 8.92. The third-order valence-corrected chi connectivity index (χ3v) is 4.81. The van der Waals surface area contributed by atoms with Crippen LogP contribution in [0, 0.1) is 5.82 Å². The normalized spacial score (nSPS) is 23.0. The summed E-state index contributed by atoms with van der Waals surface area (Å²) in [6.07, 6.45) is 0.190. The summed E-state index contributed by atoms with van der Waals surface area (Å²) in [7, 11) is 3.92. The second-order valence-electron chi connectivity index (χ2n) is 6.61. The number of benzene rings is 1. The van der Waals surface area contributed by atoms with Gasteiger partial charge in [0.25, 0.3) is 0 Å². The number of likely N-dealkylation sites (N-methyl/N-ethyl adjacent to an activating group) is 1. The summed E-state index contributed by atoms with van der Waals surface area (Å²) in [6, 6.07) is 6.97. The molecule has 1 unspecified atom stereocenters. The fraction of sp³-hybridized carbons (Fsp3) is 0.611. The van der Waals surface area contributed by atoms with Crippen LogP contribution in [0.1, 0.15) is 0 Å². The maximum Gasteiger partial charge on any atom is 0.193 e. The van der Waals surface area contributed by atoms with E-state index < -0.39 is 0 Å². The van der Waals surface area contributed by atoms with Crippen molar-refractivity contribution in [2.45, 2.75) is 6.10 Å². The average Bonchev–Trinajstić information content (AvgIpc) is 2.63. The fourth-order valence-electron chi connectivity index (χ4n) is 3.40. The molecular formula is C18H28FN5O. The van der Waals surface area contributed by atoms with E-state index in [-0.39, 0.29) is 11.9 Å². The second kappa shape index (κ2) is 8.49. The van der Waals surface area contributed by atoms with Crippen molar-refractivity contribution in [1.82, 2.24) is 15.1 Å². The van der Waals surface area contributed by atoms with Gasteiger partial charge in [-0.15, -0.1) is 0 Å². The van der Waals surface area contributed by atoms with Crippen molar-refractivity contribution in [2.75, 3.05) is 71.4 Å². The number of aliphatic imine (C=N–C) groups is 1. The van der Waals surface area contributed by atoms with Crippen molar-refractivity contribution in [1.29, 1.82) is 0 Å². The fourth-order valence-corrected chi connectivity index (χ4v) is 3.40. The third-order valence-electron chi connectivity index (χ3n) is 4.81. The summed E-state index contributed by atoms with van der Waals surface area (Å²) in [6.45, 7) is 6.66. The van der Waals surface area contributed by atoms with E-state index in [4.69, 9.17) is 4.74 Å². The highest BCUT2D eigenvalue weighted by Crippen LogP contribution is 2.20. The van der Waals surface area contributed by atoms with Crippen LogP contribution >= 0.6 is 0 Å². The Kier molecular flexibility index (Phi) is 6.09. The summed E-state index contributed by atoms with van der Waals surface area (Å²) in [5.74, 6) is 0.738. The molecule has 2 heterocycles. The van der Waals surface area contributed by atoms with Crippen LogP contribution in [0.4, 0.5) is 10.1 Å². The van der Waals surface area contributed by atoms with E-state index in [2.05, 4.69) is 32.1 Å². The highest BCUT2D eigenvalue weighted by molar-refractivity contribution is 5.80. The van der Waals surface area contributed by atoms with Crippen molar-refractivity contribution >= 4 is 11.6 Å². The van der Waals surface area contributed by atoms with Gasteiger partial charge in [-0.25, -0.2) is 4.39 Å². The Hall–Kier alpha value is -1.86. The zero-order valence-corrected chi connectivity index (χ0v) is 15.1. The van der Waals surface area contributed by atoms with Gasteiger partial charge >= 0.3 is 0 Å². The topological polar surface area (TPSA) is 43.3 Å². The van der Waals surface area contributed by atoms with Crippen LogP contribution in [0.3, 0.4) is 0 Å². The highest BCUT2D eigenvalue weighted by atomic mass is 19.1. The Bertz CT molecular complexity index is 589. The van der Waals surface area contributed by atoms with Crippen LogP contribution in [0.25, 0.3) is 0 Å². The maximum absolute atomic E-state index is 13.9. The van der Waals surface area contributed by atoms with Crippen LogP contribution in [-0.4, -0.2) is 88.4 Å². The molecule has 0 spiro atoms. The van der Waals surface area contributed by atoms with Crippen molar-refractivity contribution in [3.8, 4) is 0 Å². The van der Waals surface area contributed by atoms with Crippen LogP contribution in [0.2, 0.25) is 0 Å². The largest absolute Gasteiger partial charge is 0.374 e. The van der Waals surface area contributed by atoms with Gasteiger partial charge in [0.15, 0.2) is 5.96 Å². The molecule has 0 amide bonds. The summed E-state index contributed by atoms with van der Waals surface area (Å²) < 4.78 is 19.7. The van der Waals surface area contributed by atoms with E-state index in [0.717, 1.165) is 58.4 Å². The number of guanidine groups is 1. The number of para-hydroxylation sites is 1. The van der Waals surface area contributed by atoms with Crippen LogP contribution < -0.4 is 10.2 Å². The molecule has 0 radical (unpaired) electrons. The monoisotopic (exact) mass is 349 g/mol. The van der Waals surface area contributed by atoms with Crippen molar-refractivity contribution in [3.63, 3.8) is 0 Å². The molecule has 2 saturated heterocycles. The molecule has 0 aliphatic carbocycles. The van der Waals surface area contributed by atoms with E-state index in [9.17, 15) is 4.39 Å². The molecule has 2 aliphatic rings. The minimum atomic E-state index is -0.156. The molecular weight excluding hydrogens is 321 g/mol. The van der Waals surface area contributed by atoms with E-state index >= 15 is 0 Å². The Morgan fingerprint density at radius 1 is 1.24 bits per heavy atom. The van der Waals surface area contributed by atoms with Gasteiger partial charge in [-0.2, -0.15) is 0 Å². The van der Waals surface area contributed by atoms with Crippen LogP contribution in [0.5, 0.6) is 0 Å². The predicted octanol–water partition coefficient (Wildman–Crippen LogP) is 0.854. The molecule has 2 aliphatic heterocycles. The molecule has 1 N–H and O–H groups in total. The number of piperazine rings is 1. The Morgan fingerprint density at radius 3 is 2.68 bits per heavy atom. The Labute approximate surface area is 149 Å². The highest BCUT2D eigenvalue weighted by Gasteiger charge is 2.23. The van der Waals surface area contributed by atoms with Crippen LogP contribution in [-0.2, 0) is 4.74 Å². The van der Waals surface area contributed by atoms with Crippen LogP contribution in [0.15, 0.2) is 29.3 Å². The van der Waals surface area contributed by atoms with Crippen molar-refractivity contribution in [3.05, 3.63) is 30.1 Å². The number of morpholine rings is 1. The molecule has 1 aromatic carbocycles. The lowest BCUT2D eigenvalue weighted by atomic mass is 10.2. The number of anilines is 1. The quantitative estimate of drug-likeness (QED) is 0.648. The number of nitrogens with one attached hydrogen (secondary N) is 1. The predicted molar refractivity (Wildman–Crippen MR) is 98.8 cm³/mol. The molecule has 1 atom stereocenters. The zero-order chi connectivity index (χ0) is 17.6. The van der Waals surface area contributed by atoms with Gasteiger partial charge in [-0.3, -0.25) is 4.99 Å². The van der Waals surface area contributed by atoms with Gasteiger partial charge in [0, 0.05) is 52.9 Å². The molecule has 3 rings (SSSR count). The van der Waals surface area contributed by atoms with Gasteiger partial charge in [-0.05, 0) is 19.2 Å². The first kappa shape index (κ1) is 17.9. The molecule has 1 aromatic rings. The van der Waals surface area contributed by atoms with Crippen molar-refractivity contribution < 1.29 is 9.13 Å². The summed E-state index contributed by atoms with van der Waals surface area (Å²) >= 11 is 0. The van der Waals surface area contributed by atoms with Gasteiger partial charge in [0.05, 0.1) is 18.4 Å². The first-order valence-corrected chi connectivity index (χ1v) is 8.92. The van der Waals surface area contributed by atoms with E-state index in [1.807, 2.05) is 12.1 Å². The lowest BCUT2D eigenvalue weighted by Gasteiger charge is -2.38. The average molecular weight is 349 g/mol. The second-order valence-corrected chi connectivity index (χ2v) is 6.61. The lowest BCUT2D eigenvalue weighted by molar-refractivity contribution is -0.0163. The molecule has 0 saturated carbocycles. The number of hydrogen-bond acceptors (Lipinski definition) is 4. The van der Waals surface area contributed by atoms with Gasteiger partial charge in [-0.1, -0.05) is 12.1 Å². The number of hydrogen-bond donors (Lipinski definition) is 1. The van der Waals surface area contributed by atoms with Gasteiger partial charge in [0.1, 0.15) is 5.82 Å². The standard InChI is InChI=1S/C18H28FN5O/c1-20-18(21-13-15-14-22(2)11-12-25-15)24-9-7-23(8-10-24)17-6-4-3-5-16(17)19/h3-6,15H,7-14H2,1-2H3,(H,20,21). The first-order chi connectivity index (χ1) is 12.2. The molecule has 2 fully saturated rings. The minimum absolute atomic E-state index is 0.156. The van der Waals surface area contributed by atoms with E-state index in [0.29, 0.717) is 5.69 Å². The number of halogens is 1. The Morgan fingerprint density at radius 2 is 2.00 bits per heavy atom. The van der Waals surface area contributed by atoms with Gasteiger partial charge in [0.2, 0.25) is 0 Å². The van der Waals surface area contributed by atoms with Gasteiger partial charge < -0.3 is 24.8 Å². The maximum atomic E-state index is 13.9. The van der Waals surface area contributed by atoms with E-state index in [1.54, 1.807) is 13.1 Å². The minimum Gasteiger partial charge on any atom is -0.374 e. The summed E-state index contributed by atoms with van der Waals surface area (Å²) in [5, 5.41) is 3.43. The lowest BCUT2D eigenvalue weighted by Crippen LogP contribution is -2.54. The molecule has 138 valence electrons. The SMILES string of the molecule is CN=C(NCC1CN(C)CCO1)N1CCN(c2ccccc2F)CC1. The molecule has 0 aromatic heterocycles. The van der Waals surface area contributed by atoms with E-state index in [1.165, 1.54) is 6.07 Å². The molecule has 25 heavy (non-hydrogen) atoms. The number of rotatable bonds is 3. The molecule has 7 heteroatoms. The summed E-state index contributed by atoms with van der Waals surface area (Å²) in [4.78, 5) is 11.0. The smallest absolute Gasteiger partial charge is 0.193 e. The summed E-state index contributed by atoms with van der Waals surface area (Å²) in [5.41, 5.74) is 0.684. The molecule has 0 bridgehead atoms. The Balaban J connectivity index is 1.50. The number of ether oxygens (including phenoxy) is 1. The molecule has 6 nitrogen and oxygen atoms in total.